The lowest BCUT2D eigenvalue weighted by Crippen LogP contribution is -2.27. The minimum Gasteiger partial charge on any atom is -0.388 e. The van der Waals surface area contributed by atoms with Gasteiger partial charge in [-0.1, -0.05) is 25.4 Å². The molecule has 96 valence electrons. The van der Waals surface area contributed by atoms with E-state index in [1.807, 2.05) is 13.8 Å². The minimum atomic E-state index is -1.13. The van der Waals surface area contributed by atoms with E-state index in [1.165, 1.54) is 0 Å². The van der Waals surface area contributed by atoms with Crippen molar-refractivity contribution in [3.8, 4) is 0 Å². The van der Waals surface area contributed by atoms with Crippen molar-refractivity contribution in [1.29, 1.82) is 0 Å². The Balaban J connectivity index is 3.11. The molecule has 0 bridgehead atoms. The zero-order valence-electron chi connectivity index (χ0n) is 9.75. The lowest BCUT2D eigenvalue weighted by Gasteiger charge is -2.25. The minimum absolute atomic E-state index is 0.0631. The molecule has 0 saturated heterocycles. The van der Waals surface area contributed by atoms with Crippen molar-refractivity contribution < 1.29 is 13.9 Å². The van der Waals surface area contributed by atoms with Crippen molar-refractivity contribution in [3.63, 3.8) is 0 Å². The van der Waals surface area contributed by atoms with Gasteiger partial charge in [-0.25, -0.2) is 8.78 Å². The molecule has 0 amide bonds. The summed E-state index contributed by atoms with van der Waals surface area (Å²) in [4.78, 5) is 0. The van der Waals surface area contributed by atoms with Crippen molar-refractivity contribution in [2.24, 2.45) is 17.6 Å². The number of hydrogen-bond acceptors (Lipinski definition) is 2. The molecule has 1 rings (SSSR count). The Morgan fingerprint density at radius 3 is 2.35 bits per heavy atom. The van der Waals surface area contributed by atoms with Crippen LogP contribution < -0.4 is 5.73 Å². The number of rotatable bonds is 4. The van der Waals surface area contributed by atoms with Crippen LogP contribution in [0.2, 0.25) is 5.02 Å². The van der Waals surface area contributed by atoms with Crippen LogP contribution in [0.4, 0.5) is 8.78 Å². The molecule has 0 saturated carbocycles. The second-order valence-corrected chi connectivity index (χ2v) is 4.78. The summed E-state index contributed by atoms with van der Waals surface area (Å²) in [5.74, 6) is -1.73. The van der Waals surface area contributed by atoms with E-state index < -0.39 is 17.7 Å². The van der Waals surface area contributed by atoms with Crippen LogP contribution >= 0.6 is 11.6 Å². The molecule has 0 aliphatic rings. The average Bonchev–Trinajstić information content (AvgIpc) is 2.23. The topological polar surface area (TPSA) is 46.2 Å². The van der Waals surface area contributed by atoms with Gasteiger partial charge in [-0.15, -0.1) is 0 Å². The fourth-order valence-electron chi connectivity index (χ4n) is 1.76. The van der Waals surface area contributed by atoms with Gasteiger partial charge in [0, 0.05) is 11.5 Å². The normalized spacial score (nSPS) is 15.1. The van der Waals surface area contributed by atoms with Gasteiger partial charge >= 0.3 is 0 Å². The molecule has 0 aliphatic carbocycles. The maximum atomic E-state index is 13.6. The summed E-state index contributed by atoms with van der Waals surface area (Å²) in [6.07, 6.45) is -1.13. The molecule has 0 heterocycles. The molecule has 2 nitrogen and oxygen atoms in total. The van der Waals surface area contributed by atoms with Crippen LogP contribution in [0.3, 0.4) is 0 Å². The van der Waals surface area contributed by atoms with E-state index in [2.05, 4.69) is 0 Å². The highest BCUT2D eigenvalue weighted by Crippen LogP contribution is 2.31. The number of aliphatic hydroxyl groups excluding tert-OH is 1. The van der Waals surface area contributed by atoms with Crippen LogP contribution in [0, 0.1) is 23.5 Å². The summed E-state index contributed by atoms with van der Waals surface area (Å²) >= 11 is 5.45. The van der Waals surface area contributed by atoms with Gasteiger partial charge in [0.2, 0.25) is 0 Å². The van der Waals surface area contributed by atoms with E-state index in [0.717, 1.165) is 12.1 Å². The highest BCUT2D eigenvalue weighted by molar-refractivity contribution is 6.30. The van der Waals surface area contributed by atoms with Crippen molar-refractivity contribution >= 4 is 11.6 Å². The van der Waals surface area contributed by atoms with Crippen molar-refractivity contribution in [2.75, 3.05) is 6.54 Å². The van der Waals surface area contributed by atoms with Crippen LogP contribution in [0.25, 0.3) is 0 Å². The van der Waals surface area contributed by atoms with Gasteiger partial charge in [0.15, 0.2) is 0 Å². The van der Waals surface area contributed by atoms with Crippen LogP contribution in [-0.4, -0.2) is 11.7 Å². The predicted molar refractivity (Wildman–Crippen MR) is 63.7 cm³/mol. The Morgan fingerprint density at radius 2 is 1.88 bits per heavy atom. The standard InChI is InChI=1S/C12H16ClF2NO/c1-6(2)8(5-16)12(17)7-3-11(15)9(13)4-10(7)14/h3-4,6,8,12,17H,5,16H2,1-2H3. The molecule has 0 fully saturated rings. The molecule has 2 atom stereocenters. The smallest absolute Gasteiger partial charge is 0.142 e. The number of benzene rings is 1. The highest BCUT2D eigenvalue weighted by Gasteiger charge is 2.26. The van der Waals surface area contributed by atoms with Crippen LogP contribution in [0.15, 0.2) is 12.1 Å². The fourth-order valence-corrected chi connectivity index (χ4v) is 1.91. The third kappa shape index (κ3) is 3.15. The van der Waals surface area contributed by atoms with E-state index in [0.29, 0.717) is 0 Å². The molecule has 0 radical (unpaired) electrons. The lowest BCUT2D eigenvalue weighted by atomic mass is 9.86. The van der Waals surface area contributed by atoms with Gasteiger partial charge in [0.1, 0.15) is 11.6 Å². The summed E-state index contributed by atoms with van der Waals surface area (Å²) in [6.45, 7) is 3.93. The SMILES string of the molecule is CC(C)C(CN)C(O)c1cc(F)c(Cl)cc1F. The summed E-state index contributed by atoms with van der Waals surface area (Å²) in [6, 6.07) is 1.79. The Kier molecular flexibility index (Phi) is 4.86. The molecule has 3 N–H and O–H groups in total. The zero-order valence-corrected chi connectivity index (χ0v) is 10.5. The zero-order chi connectivity index (χ0) is 13.2. The third-order valence-corrected chi connectivity index (χ3v) is 3.18. The van der Waals surface area contributed by atoms with E-state index in [-0.39, 0.29) is 29.0 Å². The Hall–Kier alpha value is -0.710. The van der Waals surface area contributed by atoms with Gasteiger partial charge in [-0.05, 0) is 24.6 Å². The molecular formula is C12H16ClF2NO. The Labute approximate surface area is 104 Å². The first-order valence-electron chi connectivity index (χ1n) is 5.41. The van der Waals surface area contributed by atoms with Crippen LogP contribution in [-0.2, 0) is 0 Å². The summed E-state index contributed by atoms with van der Waals surface area (Å²) in [5, 5.41) is 9.72. The number of nitrogens with two attached hydrogens (primary N) is 1. The fraction of sp³-hybridized carbons (Fsp3) is 0.500. The second kappa shape index (κ2) is 5.76. The first-order chi connectivity index (χ1) is 7.88. The van der Waals surface area contributed by atoms with Gasteiger partial charge in [0.05, 0.1) is 11.1 Å². The maximum absolute atomic E-state index is 13.6. The van der Waals surface area contributed by atoms with Crippen LogP contribution in [0.5, 0.6) is 0 Å². The first kappa shape index (κ1) is 14.4. The average molecular weight is 264 g/mol. The van der Waals surface area contributed by atoms with Gasteiger partial charge < -0.3 is 10.8 Å². The molecule has 1 aromatic carbocycles. The molecule has 17 heavy (non-hydrogen) atoms. The second-order valence-electron chi connectivity index (χ2n) is 4.38. The Morgan fingerprint density at radius 1 is 1.29 bits per heavy atom. The van der Waals surface area contributed by atoms with Crippen molar-refractivity contribution in [1.82, 2.24) is 0 Å². The molecule has 1 aromatic rings. The maximum Gasteiger partial charge on any atom is 0.142 e. The van der Waals surface area contributed by atoms with E-state index in [9.17, 15) is 13.9 Å². The molecular weight excluding hydrogens is 248 g/mol. The third-order valence-electron chi connectivity index (χ3n) is 2.89. The predicted octanol–water partition coefficient (Wildman–Crippen LogP) is 2.88. The highest BCUT2D eigenvalue weighted by atomic mass is 35.5. The number of hydrogen-bond donors (Lipinski definition) is 2. The van der Waals surface area contributed by atoms with Crippen LogP contribution in [0.1, 0.15) is 25.5 Å². The van der Waals surface area contributed by atoms with Gasteiger partial charge in [-0.2, -0.15) is 0 Å². The van der Waals surface area contributed by atoms with E-state index in [4.69, 9.17) is 17.3 Å². The molecule has 0 aromatic heterocycles. The summed E-state index contributed by atoms with van der Waals surface area (Å²) in [5.41, 5.74) is 5.43. The number of halogens is 3. The van der Waals surface area contributed by atoms with E-state index >= 15 is 0 Å². The Bertz CT molecular complexity index is 398. The summed E-state index contributed by atoms with van der Waals surface area (Å²) in [7, 11) is 0. The van der Waals surface area contributed by atoms with Gasteiger partial charge in [-0.3, -0.25) is 0 Å². The molecule has 2 unspecified atom stereocenters. The lowest BCUT2D eigenvalue weighted by molar-refractivity contribution is 0.0825. The van der Waals surface area contributed by atoms with E-state index in [1.54, 1.807) is 0 Å². The van der Waals surface area contributed by atoms with Crippen molar-refractivity contribution in [3.05, 3.63) is 34.4 Å². The monoisotopic (exact) mass is 263 g/mol. The number of aliphatic hydroxyl groups is 1. The molecule has 5 heteroatoms. The largest absolute Gasteiger partial charge is 0.388 e. The summed E-state index contributed by atoms with van der Waals surface area (Å²) < 4.78 is 26.8. The van der Waals surface area contributed by atoms with Gasteiger partial charge in [0.25, 0.3) is 0 Å². The molecule has 0 spiro atoms. The molecule has 0 aliphatic heterocycles. The quantitative estimate of drug-likeness (QED) is 0.821. The first-order valence-corrected chi connectivity index (χ1v) is 5.78. The van der Waals surface area contributed by atoms with Crippen molar-refractivity contribution in [2.45, 2.75) is 20.0 Å².